The molecule has 0 spiro atoms. The normalized spacial score (nSPS) is 12.2. The van der Waals surface area contributed by atoms with Gasteiger partial charge in [-0.3, -0.25) is 0 Å². The van der Waals surface area contributed by atoms with E-state index in [1.807, 2.05) is 19.1 Å². The molecule has 0 saturated heterocycles. The molecule has 2 aromatic carbocycles. The number of halogens is 2. The maximum absolute atomic E-state index is 14.1. The van der Waals surface area contributed by atoms with Crippen molar-refractivity contribution in [2.75, 3.05) is 0 Å². The lowest BCUT2D eigenvalue weighted by molar-refractivity contribution is 0.403. The third kappa shape index (κ3) is 3.79. The predicted octanol–water partition coefficient (Wildman–Crippen LogP) is 4.21. The molecule has 0 fully saturated rings. The summed E-state index contributed by atoms with van der Waals surface area (Å²) in [6, 6.07) is 9.60. The molecule has 0 aliphatic heterocycles. The van der Waals surface area contributed by atoms with Gasteiger partial charge in [0.2, 0.25) is 0 Å². The minimum atomic E-state index is -0.712. The Morgan fingerprint density at radius 3 is 2.33 bits per heavy atom. The molecule has 0 amide bonds. The van der Waals surface area contributed by atoms with E-state index < -0.39 is 11.6 Å². The lowest BCUT2D eigenvalue weighted by atomic mass is 10.1. The number of benzene rings is 2. The van der Waals surface area contributed by atoms with Gasteiger partial charge in [0.25, 0.3) is 0 Å². The fraction of sp³-hybridized carbons (Fsp3) is 0.294. The quantitative estimate of drug-likeness (QED) is 0.895. The summed E-state index contributed by atoms with van der Waals surface area (Å²) in [5, 5.41) is 0. The maximum Gasteiger partial charge on any atom is 0.198 e. The highest BCUT2D eigenvalue weighted by Crippen LogP contribution is 2.31. The molecule has 112 valence electrons. The van der Waals surface area contributed by atoms with Crippen molar-refractivity contribution < 1.29 is 13.5 Å². The van der Waals surface area contributed by atoms with Gasteiger partial charge in [-0.05, 0) is 49.1 Å². The Morgan fingerprint density at radius 2 is 1.76 bits per heavy atom. The number of aryl methyl sites for hydroxylation is 1. The van der Waals surface area contributed by atoms with Crippen LogP contribution in [0.15, 0.2) is 36.4 Å². The van der Waals surface area contributed by atoms with Crippen LogP contribution in [0.5, 0.6) is 11.5 Å². The summed E-state index contributed by atoms with van der Waals surface area (Å²) in [6.45, 7) is 3.75. The van der Waals surface area contributed by atoms with Gasteiger partial charge < -0.3 is 10.5 Å². The highest BCUT2D eigenvalue weighted by molar-refractivity contribution is 5.40. The largest absolute Gasteiger partial charge is 0.451 e. The first-order chi connectivity index (χ1) is 10.0. The van der Waals surface area contributed by atoms with Crippen molar-refractivity contribution in [2.24, 2.45) is 5.73 Å². The van der Waals surface area contributed by atoms with E-state index in [9.17, 15) is 8.78 Å². The molecule has 0 radical (unpaired) electrons. The van der Waals surface area contributed by atoms with Crippen LogP contribution in [0.4, 0.5) is 8.78 Å². The van der Waals surface area contributed by atoms with Gasteiger partial charge in [-0.15, -0.1) is 0 Å². The van der Waals surface area contributed by atoms with Crippen molar-refractivity contribution in [2.45, 2.75) is 32.7 Å². The lowest BCUT2D eigenvalue weighted by Crippen LogP contribution is -2.18. The zero-order valence-corrected chi connectivity index (χ0v) is 12.2. The van der Waals surface area contributed by atoms with E-state index in [2.05, 4.69) is 0 Å². The number of hydrogen-bond donors (Lipinski definition) is 1. The summed E-state index contributed by atoms with van der Waals surface area (Å²) in [5.41, 5.74) is 7.07. The van der Waals surface area contributed by atoms with Crippen LogP contribution in [0.1, 0.15) is 25.0 Å². The highest BCUT2D eigenvalue weighted by Gasteiger charge is 2.15. The molecular weight excluding hydrogens is 272 g/mol. The van der Waals surface area contributed by atoms with Gasteiger partial charge in [0.1, 0.15) is 5.75 Å². The average molecular weight is 291 g/mol. The van der Waals surface area contributed by atoms with Crippen molar-refractivity contribution >= 4 is 0 Å². The van der Waals surface area contributed by atoms with E-state index in [0.717, 1.165) is 12.0 Å². The van der Waals surface area contributed by atoms with E-state index in [4.69, 9.17) is 10.5 Å². The van der Waals surface area contributed by atoms with Gasteiger partial charge in [0.05, 0.1) is 0 Å². The first kappa shape index (κ1) is 15.4. The molecule has 2 aromatic rings. The minimum absolute atomic E-state index is 0.156. The van der Waals surface area contributed by atoms with Crippen molar-refractivity contribution in [1.29, 1.82) is 0 Å². The summed E-state index contributed by atoms with van der Waals surface area (Å²) in [4.78, 5) is 0. The van der Waals surface area contributed by atoms with Gasteiger partial charge in [0, 0.05) is 6.04 Å². The second-order valence-corrected chi connectivity index (χ2v) is 5.13. The van der Waals surface area contributed by atoms with Gasteiger partial charge in [-0.2, -0.15) is 0 Å². The summed E-state index contributed by atoms with van der Waals surface area (Å²) < 4.78 is 33.6. The Balaban J connectivity index is 2.32. The molecule has 0 heterocycles. The van der Waals surface area contributed by atoms with Gasteiger partial charge in [-0.25, -0.2) is 8.78 Å². The summed E-state index contributed by atoms with van der Waals surface area (Å²) in [7, 11) is 0. The monoisotopic (exact) mass is 291 g/mol. The Morgan fingerprint density at radius 1 is 1.14 bits per heavy atom. The maximum atomic E-state index is 14.1. The van der Waals surface area contributed by atoms with Crippen LogP contribution in [0.2, 0.25) is 0 Å². The molecule has 0 bridgehead atoms. The van der Waals surface area contributed by atoms with E-state index in [-0.39, 0.29) is 11.8 Å². The number of hydrogen-bond acceptors (Lipinski definition) is 2. The molecule has 2 rings (SSSR count). The van der Waals surface area contributed by atoms with Crippen molar-refractivity contribution in [3.63, 3.8) is 0 Å². The topological polar surface area (TPSA) is 35.2 Å². The molecule has 0 aliphatic rings. The van der Waals surface area contributed by atoms with E-state index >= 15 is 0 Å². The number of para-hydroxylation sites is 1. The second kappa shape index (κ2) is 6.68. The molecule has 0 saturated carbocycles. The number of nitrogens with two attached hydrogens (primary N) is 1. The van der Waals surface area contributed by atoms with Crippen LogP contribution >= 0.6 is 0 Å². The van der Waals surface area contributed by atoms with Gasteiger partial charge >= 0.3 is 0 Å². The van der Waals surface area contributed by atoms with Gasteiger partial charge in [0.15, 0.2) is 17.4 Å². The lowest BCUT2D eigenvalue weighted by Gasteiger charge is -2.13. The second-order valence-electron chi connectivity index (χ2n) is 5.13. The summed E-state index contributed by atoms with van der Waals surface area (Å²) in [5.74, 6) is -1.32. The Kier molecular flexibility index (Phi) is 4.91. The van der Waals surface area contributed by atoms with E-state index in [1.54, 1.807) is 19.1 Å². The van der Waals surface area contributed by atoms with Crippen LogP contribution in [-0.4, -0.2) is 6.04 Å². The van der Waals surface area contributed by atoms with Crippen molar-refractivity contribution in [1.82, 2.24) is 0 Å². The summed E-state index contributed by atoms with van der Waals surface area (Å²) >= 11 is 0. The molecule has 21 heavy (non-hydrogen) atoms. The van der Waals surface area contributed by atoms with Crippen LogP contribution in [0, 0.1) is 11.6 Å². The fourth-order valence-corrected chi connectivity index (χ4v) is 2.20. The molecule has 1 atom stereocenters. The summed E-state index contributed by atoms with van der Waals surface area (Å²) in [6.07, 6.45) is 1.14. The van der Waals surface area contributed by atoms with Crippen LogP contribution < -0.4 is 10.5 Å². The SMILES string of the molecule is CCc1ccccc1Oc1c(F)cc(CC(C)N)cc1F. The minimum Gasteiger partial charge on any atom is -0.451 e. The molecular formula is C17H19F2NO. The highest BCUT2D eigenvalue weighted by atomic mass is 19.1. The Labute approximate surface area is 123 Å². The number of ether oxygens (including phenoxy) is 1. The Hall–Kier alpha value is -1.94. The number of rotatable bonds is 5. The van der Waals surface area contributed by atoms with Crippen LogP contribution in [0.25, 0.3) is 0 Å². The third-order valence-corrected chi connectivity index (χ3v) is 3.18. The molecule has 0 aliphatic carbocycles. The first-order valence-corrected chi connectivity index (χ1v) is 7.00. The zero-order valence-electron chi connectivity index (χ0n) is 12.2. The van der Waals surface area contributed by atoms with Crippen molar-refractivity contribution in [3.8, 4) is 11.5 Å². The van der Waals surface area contributed by atoms with Crippen LogP contribution in [0.3, 0.4) is 0 Å². The van der Waals surface area contributed by atoms with E-state index in [0.29, 0.717) is 17.7 Å². The third-order valence-electron chi connectivity index (χ3n) is 3.18. The standard InChI is InChI=1S/C17H19F2NO/c1-3-13-6-4-5-7-16(13)21-17-14(18)9-12(8-11(2)20)10-15(17)19/h4-7,9-11H,3,8,20H2,1-2H3. The zero-order chi connectivity index (χ0) is 15.4. The molecule has 2 N–H and O–H groups in total. The van der Waals surface area contributed by atoms with Gasteiger partial charge in [-0.1, -0.05) is 25.1 Å². The van der Waals surface area contributed by atoms with E-state index in [1.165, 1.54) is 12.1 Å². The van der Waals surface area contributed by atoms with Crippen molar-refractivity contribution in [3.05, 3.63) is 59.2 Å². The van der Waals surface area contributed by atoms with Crippen LogP contribution in [-0.2, 0) is 12.8 Å². The molecule has 2 nitrogen and oxygen atoms in total. The molecule has 0 aromatic heterocycles. The smallest absolute Gasteiger partial charge is 0.198 e. The fourth-order valence-electron chi connectivity index (χ4n) is 2.20. The first-order valence-electron chi connectivity index (χ1n) is 7.00. The molecule has 1 unspecified atom stereocenters. The average Bonchev–Trinajstić information content (AvgIpc) is 2.42. The predicted molar refractivity (Wildman–Crippen MR) is 79.6 cm³/mol. The Bertz CT molecular complexity index is 603. The molecule has 4 heteroatoms.